The Morgan fingerprint density at radius 2 is 2.00 bits per heavy atom. The van der Waals surface area contributed by atoms with E-state index in [1.165, 1.54) is 12.1 Å². The smallest absolute Gasteiger partial charge is 0.207 e. The van der Waals surface area contributed by atoms with E-state index < -0.39 is 21.9 Å². The Hall–Kier alpha value is -1.38. The summed E-state index contributed by atoms with van der Waals surface area (Å²) < 4.78 is 38.8. The molecule has 0 aromatic heterocycles. The van der Waals surface area contributed by atoms with Crippen molar-refractivity contribution in [1.29, 1.82) is 0 Å². The number of terminal acetylenes is 1. The standard InChI is InChI=1S/C12H14FNO2S/c1-3-5-11(4-2)14-17(15,16)12-8-6-10(13)7-9-12/h2,6-9,11,14H,3,5H2,1H3. The first-order chi connectivity index (χ1) is 7.99. The molecule has 0 saturated carbocycles. The van der Waals surface area contributed by atoms with Gasteiger partial charge in [0.25, 0.3) is 0 Å². The minimum atomic E-state index is -3.67. The lowest BCUT2D eigenvalue weighted by atomic mass is 10.2. The van der Waals surface area contributed by atoms with Crippen LogP contribution in [0, 0.1) is 18.2 Å². The van der Waals surface area contributed by atoms with Crippen LogP contribution in [-0.4, -0.2) is 14.5 Å². The molecule has 0 aliphatic carbocycles. The van der Waals surface area contributed by atoms with Crippen LogP contribution in [0.2, 0.25) is 0 Å². The highest BCUT2D eigenvalue weighted by atomic mass is 32.2. The predicted octanol–water partition coefficient (Wildman–Crippen LogP) is 1.91. The van der Waals surface area contributed by atoms with Crippen LogP contribution >= 0.6 is 0 Å². The van der Waals surface area contributed by atoms with Crippen molar-refractivity contribution >= 4 is 10.0 Å². The number of hydrogen-bond acceptors (Lipinski definition) is 2. The Kier molecular flexibility index (Phi) is 4.67. The van der Waals surface area contributed by atoms with Gasteiger partial charge in [-0.15, -0.1) is 6.42 Å². The van der Waals surface area contributed by atoms with E-state index in [2.05, 4.69) is 10.6 Å². The zero-order valence-corrected chi connectivity index (χ0v) is 10.3. The van der Waals surface area contributed by atoms with Crippen molar-refractivity contribution in [2.24, 2.45) is 0 Å². The van der Waals surface area contributed by atoms with Gasteiger partial charge in [0, 0.05) is 0 Å². The van der Waals surface area contributed by atoms with E-state index in [0.29, 0.717) is 6.42 Å². The minimum absolute atomic E-state index is 0.00949. The van der Waals surface area contributed by atoms with Crippen molar-refractivity contribution in [3.63, 3.8) is 0 Å². The maximum Gasteiger partial charge on any atom is 0.241 e. The molecule has 1 rings (SSSR count). The molecule has 1 unspecified atom stereocenters. The second-order valence-corrected chi connectivity index (χ2v) is 5.30. The van der Waals surface area contributed by atoms with Crippen molar-refractivity contribution in [3.05, 3.63) is 30.1 Å². The summed E-state index contributed by atoms with van der Waals surface area (Å²) in [5.41, 5.74) is 0. The van der Waals surface area contributed by atoms with Crippen LogP contribution in [0.5, 0.6) is 0 Å². The van der Waals surface area contributed by atoms with E-state index in [0.717, 1.165) is 18.6 Å². The molecule has 0 aliphatic heterocycles. The largest absolute Gasteiger partial charge is 0.241 e. The van der Waals surface area contributed by atoms with E-state index in [1.807, 2.05) is 6.92 Å². The number of sulfonamides is 1. The van der Waals surface area contributed by atoms with E-state index >= 15 is 0 Å². The Morgan fingerprint density at radius 1 is 1.41 bits per heavy atom. The van der Waals surface area contributed by atoms with Crippen LogP contribution in [0.25, 0.3) is 0 Å². The maximum absolute atomic E-state index is 12.7. The molecule has 0 saturated heterocycles. The van der Waals surface area contributed by atoms with Gasteiger partial charge in [0.2, 0.25) is 10.0 Å². The number of rotatable bonds is 5. The summed E-state index contributed by atoms with van der Waals surface area (Å²) in [4.78, 5) is 0.00949. The first-order valence-electron chi connectivity index (χ1n) is 5.23. The van der Waals surface area contributed by atoms with Gasteiger partial charge in [-0.25, -0.2) is 12.8 Å². The molecule has 5 heteroatoms. The van der Waals surface area contributed by atoms with Gasteiger partial charge in [0.05, 0.1) is 10.9 Å². The fourth-order valence-electron chi connectivity index (χ4n) is 1.33. The van der Waals surface area contributed by atoms with E-state index in [4.69, 9.17) is 6.42 Å². The van der Waals surface area contributed by atoms with E-state index in [-0.39, 0.29) is 4.90 Å². The number of nitrogens with one attached hydrogen (secondary N) is 1. The Bertz CT molecular complexity index is 502. The summed E-state index contributed by atoms with van der Waals surface area (Å²) in [6.07, 6.45) is 6.58. The van der Waals surface area contributed by atoms with Gasteiger partial charge in [-0.2, -0.15) is 4.72 Å². The van der Waals surface area contributed by atoms with E-state index in [1.54, 1.807) is 0 Å². The molecule has 1 aromatic rings. The fraction of sp³-hybridized carbons (Fsp3) is 0.333. The van der Waals surface area contributed by atoms with Crippen molar-refractivity contribution in [2.75, 3.05) is 0 Å². The van der Waals surface area contributed by atoms with Crippen molar-refractivity contribution in [2.45, 2.75) is 30.7 Å². The lowest BCUT2D eigenvalue weighted by Crippen LogP contribution is -2.33. The van der Waals surface area contributed by atoms with Crippen molar-refractivity contribution < 1.29 is 12.8 Å². The van der Waals surface area contributed by atoms with Crippen LogP contribution < -0.4 is 4.72 Å². The molecule has 1 atom stereocenters. The Balaban J connectivity index is 2.89. The fourth-order valence-corrected chi connectivity index (χ4v) is 2.52. The molecule has 0 heterocycles. The molecule has 1 aromatic carbocycles. The number of halogens is 1. The molecule has 0 fully saturated rings. The molecule has 92 valence electrons. The van der Waals surface area contributed by atoms with Gasteiger partial charge in [-0.1, -0.05) is 19.3 Å². The highest BCUT2D eigenvalue weighted by Crippen LogP contribution is 2.11. The second-order valence-electron chi connectivity index (χ2n) is 3.58. The molecule has 3 nitrogen and oxygen atoms in total. The summed E-state index contributed by atoms with van der Waals surface area (Å²) in [6, 6.07) is 4.07. The van der Waals surface area contributed by atoms with Crippen LogP contribution in [-0.2, 0) is 10.0 Å². The normalized spacial score (nSPS) is 13.0. The molecule has 0 amide bonds. The highest BCUT2D eigenvalue weighted by molar-refractivity contribution is 7.89. The lowest BCUT2D eigenvalue weighted by Gasteiger charge is -2.12. The average molecular weight is 255 g/mol. The quantitative estimate of drug-likeness (QED) is 0.817. The van der Waals surface area contributed by atoms with E-state index in [9.17, 15) is 12.8 Å². The van der Waals surface area contributed by atoms with Gasteiger partial charge in [-0.05, 0) is 30.7 Å². The molecule has 0 spiro atoms. The topological polar surface area (TPSA) is 46.2 Å². The third-order valence-corrected chi connectivity index (χ3v) is 3.69. The summed E-state index contributed by atoms with van der Waals surface area (Å²) in [6.45, 7) is 1.91. The van der Waals surface area contributed by atoms with Gasteiger partial charge >= 0.3 is 0 Å². The predicted molar refractivity (Wildman–Crippen MR) is 64.3 cm³/mol. The van der Waals surface area contributed by atoms with Crippen LogP contribution in [0.4, 0.5) is 4.39 Å². The SMILES string of the molecule is C#CC(CCC)NS(=O)(=O)c1ccc(F)cc1. The van der Waals surface area contributed by atoms with Crippen LogP contribution in [0.15, 0.2) is 29.2 Å². The minimum Gasteiger partial charge on any atom is -0.207 e. The summed E-state index contributed by atoms with van der Waals surface area (Å²) in [7, 11) is -3.67. The first kappa shape index (κ1) is 13.7. The van der Waals surface area contributed by atoms with Gasteiger partial charge in [0.1, 0.15) is 5.82 Å². The van der Waals surface area contributed by atoms with Crippen LogP contribution in [0.1, 0.15) is 19.8 Å². The van der Waals surface area contributed by atoms with Gasteiger partial charge < -0.3 is 0 Å². The lowest BCUT2D eigenvalue weighted by molar-refractivity contribution is 0.563. The van der Waals surface area contributed by atoms with Crippen molar-refractivity contribution in [1.82, 2.24) is 4.72 Å². The monoisotopic (exact) mass is 255 g/mol. The Morgan fingerprint density at radius 3 is 2.47 bits per heavy atom. The summed E-state index contributed by atoms with van der Waals surface area (Å²) in [5.74, 6) is 1.90. The second kappa shape index (κ2) is 5.80. The molecule has 0 bridgehead atoms. The maximum atomic E-state index is 12.7. The van der Waals surface area contributed by atoms with Crippen molar-refractivity contribution in [3.8, 4) is 12.3 Å². The molecular weight excluding hydrogens is 241 g/mol. The third kappa shape index (κ3) is 3.84. The summed E-state index contributed by atoms with van der Waals surface area (Å²) in [5, 5.41) is 0. The van der Waals surface area contributed by atoms with Gasteiger partial charge in [-0.3, -0.25) is 0 Å². The molecule has 1 N–H and O–H groups in total. The highest BCUT2D eigenvalue weighted by Gasteiger charge is 2.17. The summed E-state index contributed by atoms with van der Waals surface area (Å²) >= 11 is 0. The average Bonchev–Trinajstić information content (AvgIpc) is 2.28. The van der Waals surface area contributed by atoms with Crippen LogP contribution in [0.3, 0.4) is 0 Å². The number of hydrogen-bond donors (Lipinski definition) is 1. The first-order valence-corrected chi connectivity index (χ1v) is 6.72. The third-order valence-electron chi connectivity index (χ3n) is 2.20. The molecule has 0 radical (unpaired) electrons. The zero-order valence-electron chi connectivity index (χ0n) is 9.48. The molecule has 17 heavy (non-hydrogen) atoms. The molecule has 0 aliphatic rings. The zero-order chi connectivity index (χ0) is 12.9. The molecular formula is C12H14FNO2S. The number of benzene rings is 1. The Labute approximate surface area is 101 Å². The van der Waals surface area contributed by atoms with Gasteiger partial charge in [0.15, 0.2) is 0 Å².